The van der Waals surface area contributed by atoms with E-state index in [0.717, 1.165) is 12.1 Å². The number of aromatic nitrogens is 1. The Morgan fingerprint density at radius 2 is 2.13 bits per heavy atom. The Morgan fingerprint density at radius 1 is 1.40 bits per heavy atom. The summed E-state index contributed by atoms with van der Waals surface area (Å²) < 4.78 is 23.6. The topological polar surface area (TPSA) is 67.3 Å². The summed E-state index contributed by atoms with van der Waals surface area (Å²) in [5, 5.41) is 10.3. The maximum absolute atomic E-state index is 11.7. The summed E-state index contributed by atoms with van der Waals surface area (Å²) in [6.07, 6.45) is 1.98. The number of aryl methyl sites for hydroxylation is 1. The number of aliphatic hydroxyl groups excluding tert-OH is 1. The third-order valence-electron chi connectivity index (χ3n) is 1.94. The molecule has 0 saturated carbocycles. The van der Waals surface area contributed by atoms with Crippen LogP contribution < -0.4 is 0 Å². The van der Waals surface area contributed by atoms with Crippen molar-refractivity contribution >= 4 is 21.2 Å². The zero-order chi connectivity index (χ0) is 11.3. The van der Waals surface area contributed by atoms with Gasteiger partial charge >= 0.3 is 0 Å². The molecule has 0 fully saturated rings. The molecule has 0 atom stereocenters. The van der Waals surface area contributed by atoms with Crippen LogP contribution in [-0.4, -0.2) is 30.9 Å². The predicted molar refractivity (Wildman–Crippen MR) is 59.8 cm³/mol. The molecular weight excluding hydrogens is 234 g/mol. The number of sulfone groups is 1. The lowest BCUT2D eigenvalue weighted by Crippen LogP contribution is -2.06. The monoisotopic (exact) mass is 249 g/mol. The molecule has 1 N–H and O–H groups in total. The van der Waals surface area contributed by atoms with Gasteiger partial charge in [0.05, 0.1) is 5.75 Å². The molecule has 15 heavy (non-hydrogen) atoms. The van der Waals surface area contributed by atoms with Crippen molar-refractivity contribution < 1.29 is 13.5 Å². The molecule has 0 aliphatic carbocycles. The van der Waals surface area contributed by atoms with Crippen LogP contribution in [0.3, 0.4) is 0 Å². The molecule has 0 aliphatic rings. The smallest absolute Gasteiger partial charge is 0.209 e. The van der Waals surface area contributed by atoms with Gasteiger partial charge < -0.3 is 5.11 Å². The van der Waals surface area contributed by atoms with Gasteiger partial charge in [0.1, 0.15) is 0 Å². The first-order valence-corrected chi connectivity index (χ1v) is 7.35. The third kappa shape index (κ3) is 3.89. The van der Waals surface area contributed by atoms with E-state index in [-0.39, 0.29) is 16.7 Å². The van der Waals surface area contributed by atoms with E-state index in [4.69, 9.17) is 5.11 Å². The second kappa shape index (κ2) is 5.58. The van der Waals surface area contributed by atoms with Crippen LogP contribution in [0.25, 0.3) is 0 Å². The molecular formula is C9H15NO3S2. The van der Waals surface area contributed by atoms with Gasteiger partial charge in [0, 0.05) is 17.7 Å². The number of hydrogen-bond acceptors (Lipinski definition) is 5. The fourth-order valence-corrected chi connectivity index (χ4v) is 3.69. The molecule has 1 aromatic heterocycles. The van der Waals surface area contributed by atoms with Crippen molar-refractivity contribution in [3.8, 4) is 0 Å². The van der Waals surface area contributed by atoms with E-state index in [1.54, 1.807) is 12.3 Å². The zero-order valence-corrected chi connectivity index (χ0v) is 10.3. The minimum atomic E-state index is -3.19. The summed E-state index contributed by atoms with van der Waals surface area (Å²) in [7, 11) is -3.19. The number of hydrogen-bond donors (Lipinski definition) is 1. The van der Waals surface area contributed by atoms with Crippen LogP contribution in [0, 0.1) is 6.92 Å². The number of thiazole rings is 1. The lowest BCUT2D eigenvalue weighted by molar-refractivity contribution is 0.284. The van der Waals surface area contributed by atoms with Crippen molar-refractivity contribution in [2.75, 3.05) is 12.4 Å². The Hall–Kier alpha value is -0.460. The van der Waals surface area contributed by atoms with E-state index >= 15 is 0 Å². The Balaban J connectivity index is 2.53. The molecule has 6 heteroatoms. The van der Waals surface area contributed by atoms with E-state index in [0.29, 0.717) is 12.8 Å². The molecule has 0 radical (unpaired) electrons. The molecule has 86 valence electrons. The summed E-state index contributed by atoms with van der Waals surface area (Å²) in [6, 6.07) is 0. The van der Waals surface area contributed by atoms with Crippen molar-refractivity contribution in [3.05, 3.63) is 11.1 Å². The fraction of sp³-hybridized carbons (Fsp3) is 0.667. The highest BCUT2D eigenvalue weighted by Crippen LogP contribution is 2.17. The molecule has 0 bridgehead atoms. The Morgan fingerprint density at radius 3 is 2.67 bits per heavy atom. The Kier molecular flexibility index (Phi) is 4.69. The molecule has 0 aliphatic heterocycles. The summed E-state index contributed by atoms with van der Waals surface area (Å²) in [5.74, 6) is 0.125. The van der Waals surface area contributed by atoms with Crippen LogP contribution in [0.5, 0.6) is 0 Å². The van der Waals surface area contributed by atoms with Crippen molar-refractivity contribution in [2.24, 2.45) is 0 Å². The van der Waals surface area contributed by atoms with Gasteiger partial charge in [0.2, 0.25) is 14.2 Å². The standard InChI is InChI=1S/C9H15NO3S2/c1-8-7-14-9(10-8)15(12,13)6-4-2-3-5-11/h7,11H,2-6H2,1H3. The van der Waals surface area contributed by atoms with Gasteiger partial charge in [-0.2, -0.15) is 0 Å². The highest BCUT2D eigenvalue weighted by Gasteiger charge is 2.17. The highest BCUT2D eigenvalue weighted by molar-refractivity contribution is 7.93. The second-order valence-corrected chi connectivity index (χ2v) is 6.50. The van der Waals surface area contributed by atoms with Gasteiger partial charge in [-0.1, -0.05) is 6.42 Å². The molecule has 1 aromatic rings. The number of aliphatic hydroxyl groups is 1. The van der Waals surface area contributed by atoms with Crippen molar-refractivity contribution in [1.29, 1.82) is 0 Å². The Bertz CT molecular complexity index is 397. The van der Waals surface area contributed by atoms with Gasteiger partial charge in [-0.05, 0) is 19.8 Å². The number of rotatable bonds is 6. The van der Waals surface area contributed by atoms with Crippen LogP contribution >= 0.6 is 11.3 Å². The molecule has 0 spiro atoms. The van der Waals surface area contributed by atoms with Gasteiger partial charge in [0.15, 0.2) is 0 Å². The van der Waals surface area contributed by atoms with Crippen LogP contribution in [0.15, 0.2) is 9.72 Å². The van der Waals surface area contributed by atoms with Gasteiger partial charge in [-0.3, -0.25) is 0 Å². The maximum Gasteiger partial charge on any atom is 0.209 e. The SMILES string of the molecule is Cc1csc(S(=O)(=O)CCCCCO)n1. The zero-order valence-electron chi connectivity index (χ0n) is 8.64. The van der Waals surface area contributed by atoms with Crippen molar-refractivity contribution in [3.63, 3.8) is 0 Å². The number of unbranched alkanes of at least 4 members (excludes halogenated alkanes) is 2. The second-order valence-electron chi connectivity index (χ2n) is 3.36. The molecule has 4 nitrogen and oxygen atoms in total. The van der Waals surface area contributed by atoms with Crippen molar-refractivity contribution in [1.82, 2.24) is 4.98 Å². The molecule has 1 rings (SSSR count). The van der Waals surface area contributed by atoms with E-state index in [1.807, 2.05) is 0 Å². The van der Waals surface area contributed by atoms with Crippen LogP contribution in [0.4, 0.5) is 0 Å². The molecule has 0 saturated heterocycles. The first kappa shape index (κ1) is 12.6. The fourth-order valence-electron chi connectivity index (χ4n) is 1.14. The van der Waals surface area contributed by atoms with E-state index < -0.39 is 9.84 Å². The minimum absolute atomic E-state index is 0.121. The van der Waals surface area contributed by atoms with Gasteiger partial charge in [-0.25, -0.2) is 13.4 Å². The largest absolute Gasteiger partial charge is 0.396 e. The lowest BCUT2D eigenvalue weighted by Gasteiger charge is -1.99. The van der Waals surface area contributed by atoms with Gasteiger partial charge in [0.25, 0.3) is 0 Å². The summed E-state index contributed by atoms with van der Waals surface area (Å²) in [6.45, 7) is 1.90. The van der Waals surface area contributed by atoms with Crippen molar-refractivity contribution in [2.45, 2.75) is 30.5 Å². The summed E-state index contributed by atoms with van der Waals surface area (Å²) in [5.41, 5.74) is 0.744. The molecule has 0 amide bonds. The minimum Gasteiger partial charge on any atom is -0.396 e. The molecule has 0 aromatic carbocycles. The summed E-state index contributed by atoms with van der Waals surface area (Å²) in [4.78, 5) is 3.96. The predicted octanol–water partition coefficient (Wildman–Crippen LogP) is 1.39. The van der Waals surface area contributed by atoms with Gasteiger partial charge in [-0.15, -0.1) is 11.3 Å². The number of nitrogens with zero attached hydrogens (tertiary/aromatic N) is 1. The first-order chi connectivity index (χ1) is 7.06. The summed E-state index contributed by atoms with van der Waals surface area (Å²) >= 11 is 1.17. The van der Waals surface area contributed by atoms with E-state index in [1.165, 1.54) is 11.3 Å². The normalized spacial score (nSPS) is 11.9. The average molecular weight is 249 g/mol. The first-order valence-electron chi connectivity index (χ1n) is 4.82. The van der Waals surface area contributed by atoms with Crippen LogP contribution in [-0.2, 0) is 9.84 Å². The maximum atomic E-state index is 11.7. The van der Waals surface area contributed by atoms with Crippen LogP contribution in [0.2, 0.25) is 0 Å². The highest BCUT2D eigenvalue weighted by atomic mass is 32.2. The van der Waals surface area contributed by atoms with E-state index in [2.05, 4.69) is 4.98 Å². The third-order valence-corrected chi connectivity index (χ3v) is 5.19. The molecule has 0 unspecified atom stereocenters. The Labute approximate surface area is 93.9 Å². The quantitative estimate of drug-likeness (QED) is 0.774. The van der Waals surface area contributed by atoms with Crippen LogP contribution in [0.1, 0.15) is 25.0 Å². The average Bonchev–Trinajstić information content (AvgIpc) is 2.60. The van der Waals surface area contributed by atoms with E-state index in [9.17, 15) is 8.42 Å². The molecule has 1 heterocycles. The lowest BCUT2D eigenvalue weighted by atomic mass is 10.3.